The molecule has 2 aromatic carbocycles. The molecule has 32 heavy (non-hydrogen) atoms. The summed E-state index contributed by atoms with van der Waals surface area (Å²) in [5, 5.41) is 10.1. The number of rotatable bonds is 5. The first-order valence-corrected chi connectivity index (χ1v) is 11.4. The lowest BCUT2D eigenvalue weighted by atomic mass is 9.92. The zero-order valence-electron chi connectivity index (χ0n) is 17.3. The number of ether oxygens (including phenoxy) is 2. The van der Waals surface area contributed by atoms with Gasteiger partial charge in [-0.25, -0.2) is 9.79 Å². The molecular formula is C23H19BrN4O3S. The van der Waals surface area contributed by atoms with E-state index in [1.807, 2.05) is 48.5 Å². The van der Waals surface area contributed by atoms with Crippen LogP contribution in [0.5, 0.6) is 5.75 Å². The average molecular weight is 511 g/mol. The minimum absolute atomic E-state index is 0.212. The lowest BCUT2D eigenvalue weighted by Crippen LogP contribution is -2.38. The number of carbonyl (C=O) groups excluding carboxylic acids is 1. The fraction of sp³-hybridized carbons (Fsp3) is 0.174. The Balaban J connectivity index is 2.00. The Morgan fingerprint density at radius 1 is 1.31 bits per heavy atom. The third kappa shape index (κ3) is 3.76. The summed E-state index contributed by atoms with van der Waals surface area (Å²) in [6, 6.07) is 16.5. The summed E-state index contributed by atoms with van der Waals surface area (Å²) in [5.74, 6) is 0.414. The van der Waals surface area contributed by atoms with Crippen LogP contribution in [0.25, 0.3) is 5.70 Å². The highest BCUT2D eigenvalue weighted by Gasteiger charge is 2.43. The van der Waals surface area contributed by atoms with Crippen molar-refractivity contribution in [3.63, 3.8) is 0 Å². The Morgan fingerprint density at radius 3 is 2.69 bits per heavy atom. The van der Waals surface area contributed by atoms with Crippen molar-refractivity contribution >= 4 is 44.5 Å². The highest BCUT2D eigenvalue weighted by molar-refractivity contribution is 9.10. The maximum absolute atomic E-state index is 13.3. The number of fused-ring (bicyclic) bond motifs is 1. The highest BCUT2D eigenvalue weighted by atomic mass is 79.9. The molecule has 2 aliphatic heterocycles. The zero-order valence-corrected chi connectivity index (χ0v) is 19.7. The lowest BCUT2D eigenvalue weighted by molar-refractivity contribution is -0.139. The topological polar surface area (TPSA) is 101 Å². The fourth-order valence-corrected chi connectivity index (χ4v) is 5.06. The van der Waals surface area contributed by atoms with Gasteiger partial charge < -0.3 is 15.2 Å². The number of halogens is 1. The number of hydrogen-bond acceptors (Lipinski definition) is 8. The first-order valence-electron chi connectivity index (χ1n) is 9.75. The van der Waals surface area contributed by atoms with Crippen LogP contribution in [-0.2, 0) is 9.53 Å². The summed E-state index contributed by atoms with van der Waals surface area (Å²) in [5.41, 5.74) is 8.73. The molecule has 0 aromatic heterocycles. The number of nitriles is 1. The van der Waals surface area contributed by atoms with E-state index in [2.05, 4.69) is 22.0 Å². The minimum Gasteiger partial charge on any atom is -0.496 e. The number of thioether (sulfide) groups is 1. The molecule has 1 atom stereocenters. The molecule has 0 spiro atoms. The van der Waals surface area contributed by atoms with Crippen molar-refractivity contribution in [2.24, 2.45) is 10.7 Å². The standard InChI is InChI=1S/C23H19BrN4O3S/c1-3-31-22(29)18-19(13-7-5-4-6-8-13)27-23-28(21(26)17(12-25)32-23)20(18)14-9-10-16(30-2)15(24)11-14/h4-11,20H,3,26H2,1-2H3/t20-/m0/s1. The molecule has 0 fully saturated rings. The van der Waals surface area contributed by atoms with E-state index in [1.54, 1.807) is 18.9 Å². The van der Waals surface area contributed by atoms with Crippen molar-refractivity contribution in [2.45, 2.75) is 13.0 Å². The molecule has 0 aliphatic carbocycles. The van der Waals surface area contributed by atoms with Gasteiger partial charge in [0.15, 0.2) is 5.17 Å². The van der Waals surface area contributed by atoms with Crippen LogP contribution in [0.15, 0.2) is 74.3 Å². The first-order chi connectivity index (χ1) is 15.5. The molecule has 0 bridgehead atoms. The van der Waals surface area contributed by atoms with Gasteiger partial charge in [0, 0.05) is 5.56 Å². The van der Waals surface area contributed by atoms with Gasteiger partial charge >= 0.3 is 5.97 Å². The molecule has 7 nitrogen and oxygen atoms in total. The van der Waals surface area contributed by atoms with Crippen LogP contribution in [0.3, 0.4) is 0 Å². The smallest absolute Gasteiger partial charge is 0.338 e. The summed E-state index contributed by atoms with van der Waals surface area (Å²) < 4.78 is 11.5. The number of benzene rings is 2. The Hall–Kier alpha value is -3.22. The molecule has 9 heteroatoms. The Kier molecular flexibility index (Phi) is 6.26. The summed E-state index contributed by atoms with van der Waals surface area (Å²) in [4.78, 5) is 20.1. The van der Waals surface area contributed by atoms with Crippen LogP contribution in [0.2, 0.25) is 0 Å². The van der Waals surface area contributed by atoms with Crippen LogP contribution in [0, 0.1) is 11.3 Å². The molecule has 0 saturated heterocycles. The van der Waals surface area contributed by atoms with Crippen LogP contribution < -0.4 is 10.5 Å². The lowest BCUT2D eigenvalue weighted by Gasteiger charge is -2.35. The molecule has 162 valence electrons. The molecule has 2 aliphatic rings. The fourth-order valence-electron chi connectivity index (χ4n) is 3.63. The van der Waals surface area contributed by atoms with Crippen LogP contribution in [0.1, 0.15) is 24.1 Å². The number of carbonyl (C=O) groups is 1. The van der Waals surface area contributed by atoms with Crippen LogP contribution in [0.4, 0.5) is 0 Å². The second kappa shape index (κ2) is 9.10. The third-order valence-electron chi connectivity index (χ3n) is 5.02. The van der Waals surface area contributed by atoms with Gasteiger partial charge in [0.2, 0.25) is 0 Å². The molecule has 0 radical (unpaired) electrons. The van der Waals surface area contributed by atoms with Gasteiger partial charge in [0.1, 0.15) is 22.5 Å². The number of methoxy groups -OCH3 is 1. The zero-order chi connectivity index (χ0) is 22.8. The van der Waals surface area contributed by atoms with E-state index >= 15 is 0 Å². The number of nitrogens with two attached hydrogens (primary N) is 1. The highest BCUT2D eigenvalue weighted by Crippen LogP contribution is 2.48. The van der Waals surface area contributed by atoms with Gasteiger partial charge in [-0.3, -0.25) is 4.90 Å². The Labute approximate surface area is 198 Å². The molecule has 2 aromatic rings. The molecule has 2 N–H and O–H groups in total. The van der Waals surface area contributed by atoms with E-state index in [9.17, 15) is 10.1 Å². The van der Waals surface area contributed by atoms with Crippen molar-refractivity contribution in [1.82, 2.24) is 4.90 Å². The van der Waals surface area contributed by atoms with Crippen LogP contribution in [-0.4, -0.2) is 29.8 Å². The van der Waals surface area contributed by atoms with Gasteiger partial charge in [-0.15, -0.1) is 0 Å². The maximum Gasteiger partial charge on any atom is 0.338 e. The third-order valence-corrected chi connectivity index (χ3v) is 6.62. The van der Waals surface area contributed by atoms with Crippen molar-refractivity contribution in [1.29, 1.82) is 5.26 Å². The van der Waals surface area contributed by atoms with E-state index < -0.39 is 12.0 Å². The van der Waals surface area contributed by atoms with E-state index in [4.69, 9.17) is 20.2 Å². The van der Waals surface area contributed by atoms with Crippen molar-refractivity contribution in [3.05, 3.63) is 80.4 Å². The van der Waals surface area contributed by atoms with Gasteiger partial charge in [-0.05, 0) is 52.3 Å². The summed E-state index contributed by atoms with van der Waals surface area (Å²) in [6.07, 6.45) is 0. The molecule has 2 heterocycles. The number of esters is 1. The predicted octanol–water partition coefficient (Wildman–Crippen LogP) is 4.54. The van der Waals surface area contributed by atoms with E-state index in [0.29, 0.717) is 27.1 Å². The van der Waals surface area contributed by atoms with E-state index in [0.717, 1.165) is 15.6 Å². The minimum atomic E-state index is -0.641. The van der Waals surface area contributed by atoms with Crippen LogP contribution >= 0.6 is 27.7 Å². The summed E-state index contributed by atoms with van der Waals surface area (Å²) in [6.45, 7) is 1.97. The van der Waals surface area contributed by atoms with Crippen molar-refractivity contribution in [3.8, 4) is 11.8 Å². The Bertz CT molecular complexity index is 1220. The second-order valence-corrected chi connectivity index (χ2v) is 8.67. The number of nitrogens with zero attached hydrogens (tertiary/aromatic N) is 3. The molecule has 4 rings (SSSR count). The normalized spacial score (nSPS) is 17.6. The maximum atomic E-state index is 13.3. The molecular weight excluding hydrogens is 492 g/mol. The predicted molar refractivity (Wildman–Crippen MR) is 127 cm³/mol. The van der Waals surface area contributed by atoms with Crippen molar-refractivity contribution in [2.75, 3.05) is 13.7 Å². The number of aliphatic imine (C=N–C) groups is 1. The quantitative estimate of drug-likeness (QED) is 0.588. The van der Waals surface area contributed by atoms with Gasteiger partial charge in [0.05, 0.1) is 35.5 Å². The number of amidine groups is 1. The summed E-state index contributed by atoms with van der Waals surface area (Å²) >= 11 is 4.71. The SMILES string of the molecule is CCOC(=O)C1=C(c2ccccc2)N=C2SC(C#N)=C(N)N2[C@H]1c1ccc(OC)c(Br)c1. The Morgan fingerprint density at radius 2 is 2.06 bits per heavy atom. The van der Waals surface area contributed by atoms with E-state index in [1.165, 1.54) is 11.8 Å². The second-order valence-electron chi connectivity index (χ2n) is 6.84. The number of hydrogen-bond donors (Lipinski definition) is 1. The largest absolute Gasteiger partial charge is 0.496 e. The molecule has 0 amide bonds. The molecule has 0 unspecified atom stereocenters. The van der Waals surface area contributed by atoms with Gasteiger partial charge in [0.25, 0.3) is 0 Å². The van der Waals surface area contributed by atoms with Crippen molar-refractivity contribution < 1.29 is 14.3 Å². The molecule has 0 saturated carbocycles. The first kappa shape index (κ1) is 22.0. The van der Waals surface area contributed by atoms with Gasteiger partial charge in [-0.2, -0.15) is 5.26 Å². The van der Waals surface area contributed by atoms with Gasteiger partial charge in [-0.1, -0.05) is 36.4 Å². The monoisotopic (exact) mass is 510 g/mol. The van der Waals surface area contributed by atoms with E-state index in [-0.39, 0.29) is 12.4 Å². The number of allylic oxidation sites excluding steroid dienone is 1. The average Bonchev–Trinajstić information content (AvgIpc) is 3.13. The summed E-state index contributed by atoms with van der Waals surface area (Å²) in [7, 11) is 1.58.